The topological polar surface area (TPSA) is 83.0 Å². The molecule has 0 radical (unpaired) electrons. The molecule has 0 unspecified atom stereocenters. The molecule has 2 aromatic carbocycles. The van der Waals surface area contributed by atoms with Gasteiger partial charge < -0.3 is 9.15 Å². The Morgan fingerprint density at radius 2 is 1.82 bits per heavy atom. The van der Waals surface area contributed by atoms with Crippen LogP contribution in [-0.4, -0.2) is 25.9 Å². The molecule has 0 aliphatic carbocycles. The van der Waals surface area contributed by atoms with E-state index in [1.807, 2.05) is 60.7 Å². The fourth-order valence-corrected chi connectivity index (χ4v) is 2.47. The second-order valence-electron chi connectivity index (χ2n) is 5.85. The van der Waals surface area contributed by atoms with Gasteiger partial charge in [-0.1, -0.05) is 36.4 Å². The van der Waals surface area contributed by atoms with Gasteiger partial charge in [0.05, 0.1) is 11.9 Å². The maximum Gasteiger partial charge on any atom is 0.331 e. The van der Waals surface area contributed by atoms with Gasteiger partial charge in [-0.3, -0.25) is 0 Å². The van der Waals surface area contributed by atoms with E-state index in [0.717, 1.165) is 11.3 Å². The third kappa shape index (κ3) is 4.21. The van der Waals surface area contributed by atoms with Gasteiger partial charge in [-0.2, -0.15) is 9.90 Å². The molecule has 2 heterocycles. The average Bonchev–Trinajstić information content (AvgIpc) is 3.42. The summed E-state index contributed by atoms with van der Waals surface area (Å²) in [5.74, 6) is -0.0155. The van der Waals surface area contributed by atoms with Crippen LogP contribution in [0.2, 0.25) is 0 Å². The zero-order valence-electron chi connectivity index (χ0n) is 14.8. The summed E-state index contributed by atoms with van der Waals surface area (Å²) in [7, 11) is 0. The van der Waals surface area contributed by atoms with Crippen LogP contribution in [0.3, 0.4) is 0 Å². The predicted molar refractivity (Wildman–Crippen MR) is 102 cm³/mol. The lowest BCUT2D eigenvalue weighted by atomic mass is 10.2. The number of hydrogen-bond acceptors (Lipinski definition) is 6. The summed E-state index contributed by atoms with van der Waals surface area (Å²) < 4.78 is 10.6. The normalized spacial score (nSPS) is 11.0. The molecule has 0 bridgehead atoms. The minimum Gasteiger partial charge on any atom is -0.456 e. The Morgan fingerprint density at radius 3 is 2.61 bits per heavy atom. The molecule has 0 aliphatic heterocycles. The van der Waals surface area contributed by atoms with Crippen LogP contribution in [0, 0.1) is 0 Å². The van der Waals surface area contributed by atoms with Crippen molar-refractivity contribution in [3.8, 4) is 17.1 Å². The summed E-state index contributed by atoms with van der Waals surface area (Å²) in [6.07, 6.45) is 5.90. The third-order valence-electron chi connectivity index (χ3n) is 3.82. The van der Waals surface area contributed by atoms with Crippen LogP contribution >= 0.6 is 0 Å². The van der Waals surface area contributed by atoms with Crippen molar-refractivity contribution in [3.05, 3.63) is 90.6 Å². The van der Waals surface area contributed by atoms with Crippen molar-refractivity contribution in [2.75, 3.05) is 0 Å². The van der Waals surface area contributed by atoms with Gasteiger partial charge in [-0.05, 0) is 30.3 Å². The van der Waals surface area contributed by atoms with E-state index in [9.17, 15) is 4.79 Å². The van der Waals surface area contributed by atoms with Gasteiger partial charge >= 0.3 is 5.97 Å². The van der Waals surface area contributed by atoms with E-state index in [2.05, 4.69) is 15.2 Å². The highest BCUT2D eigenvalue weighted by Gasteiger charge is 2.08. The zero-order chi connectivity index (χ0) is 19.2. The summed E-state index contributed by atoms with van der Waals surface area (Å²) in [5, 5.41) is 8.46. The molecule has 7 nitrogen and oxygen atoms in total. The summed E-state index contributed by atoms with van der Waals surface area (Å²) in [4.78, 5) is 17.7. The van der Waals surface area contributed by atoms with Crippen molar-refractivity contribution in [1.82, 2.24) is 20.0 Å². The lowest BCUT2D eigenvalue weighted by molar-refractivity contribution is -0.139. The molecule has 4 aromatic rings. The number of nitrogens with zero attached hydrogens (tertiary/aromatic N) is 4. The van der Waals surface area contributed by atoms with E-state index in [-0.39, 0.29) is 6.61 Å². The minimum atomic E-state index is -0.501. The van der Waals surface area contributed by atoms with Gasteiger partial charge in [0.2, 0.25) is 5.89 Å². The van der Waals surface area contributed by atoms with Crippen molar-refractivity contribution < 1.29 is 13.9 Å². The van der Waals surface area contributed by atoms with E-state index in [1.165, 1.54) is 17.1 Å². The number of hydrogen-bond donors (Lipinski definition) is 0. The standard InChI is InChI=1S/C21H16N4O3/c26-20(12-11-17-13-22-25(24-17)19-9-5-2-6-10-19)27-14-18-15-28-21(23-18)16-7-3-1-4-8-16/h1-13,15H,14H2/b12-11-. The summed E-state index contributed by atoms with van der Waals surface area (Å²) in [6.45, 7) is 0.0240. The average molecular weight is 372 g/mol. The van der Waals surface area contributed by atoms with Gasteiger partial charge in [-0.15, -0.1) is 5.10 Å². The van der Waals surface area contributed by atoms with Crippen molar-refractivity contribution >= 4 is 12.0 Å². The van der Waals surface area contributed by atoms with Crippen molar-refractivity contribution in [3.63, 3.8) is 0 Å². The van der Waals surface area contributed by atoms with E-state index in [4.69, 9.17) is 9.15 Å². The smallest absolute Gasteiger partial charge is 0.331 e. The fourth-order valence-electron chi connectivity index (χ4n) is 2.47. The van der Waals surface area contributed by atoms with Crippen molar-refractivity contribution in [2.45, 2.75) is 6.61 Å². The number of aromatic nitrogens is 4. The first-order chi connectivity index (χ1) is 13.8. The van der Waals surface area contributed by atoms with E-state index in [1.54, 1.807) is 12.3 Å². The molecule has 28 heavy (non-hydrogen) atoms. The Bertz CT molecular complexity index is 1090. The number of para-hydroxylation sites is 1. The summed E-state index contributed by atoms with van der Waals surface area (Å²) in [6, 6.07) is 19.0. The van der Waals surface area contributed by atoms with Crippen LogP contribution in [0.1, 0.15) is 11.4 Å². The Labute approximate surface area is 160 Å². The Hall–Kier alpha value is -4.00. The van der Waals surface area contributed by atoms with Gasteiger partial charge in [0, 0.05) is 11.6 Å². The quantitative estimate of drug-likeness (QED) is 0.379. The Kier molecular flexibility index (Phi) is 5.06. The molecule has 0 saturated carbocycles. The number of carbonyl (C=O) groups excluding carboxylic acids is 1. The molecule has 7 heteroatoms. The molecule has 4 rings (SSSR count). The highest BCUT2D eigenvalue weighted by Crippen LogP contribution is 2.18. The first kappa shape index (κ1) is 17.4. The molecule has 0 N–H and O–H groups in total. The fraction of sp³-hybridized carbons (Fsp3) is 0.0476. The summed E-state index contributed by atoms with van der Waals surface area (Å²) >= 11 is 0. The van der Waals surface area contributed by atoms with Crippen LogP contribution in [-0.2, 0) is 16.1 Å². The largest absolute Gasteiger partial charge is 0.456 e. The van der Waals surface area contributed by atoms with Gasteiger partial charge in [0.15, 0.2) is 0 Å². The second-order valence-corrected chi connectivity index (χ2v) is 5.85. The monoisotopic (exact) mass is 372 g/mol. The molecule has 0 fully saturated rings. The van der Waals surface area contributed by atoms with Crippen molar-refractivity contribution in [2.24, 2.45) is 0 Å². The van der Waals surface area contributed by atoms with E-state index >= 15 is 0 Å². The predicted octanol–water partition coefficient (Wildman–Crippen LogP) is 3.68. The highest BCUT2D eigenvalue weighted by atomic mass is 16.5. The number of esters is 1. The molecule has 0 amide bonds. The maximum atomic E-state index is 11.9. The lowest BCUT2D eigenvalue weighted by Crippen LogP contribution is -2.01. The van der Waals surface area contributed by atoms with Crippen molar-refractivity contribution in [1.29, 1.82) is 0 Å². The molecule has 138 valence electrons. The molecule has 2 aromatic heterocycles. The summed E-state index contributed by atoms with van der Waals surface area (Å²) in [5.41, 5.74) is 2.79. The first-order valence-corrected chi connectivity index (χ1v) is 8.60. The van der Waals surface area contributed by atoms with Crippen LogP contribution < -0.4 is 0 Å². The molecule has 0 aliphatic rings. The molecular formula is C21H16N4O3. The molecule has 0 saturated heterocycles. The van der Waals surface area contributed by atoms with Crippen LogP contribution in [0.5, 0.6) is 0 Å². The van der Waals surface area contributed by atoms with Crippen LogP contribution in [0.25, 0.3) is 23.2 Å². The van der Waals surface area contributed by atoms with Gasteiger partial charge in [0.1, 0.15) is 24.3 Å². The molecule has 0 atom stereocenters. The van der Waals surface area contributed by atoms with E-state index in [0.29, 0.717) is 17.3 Å². The minimum absolute atomic E-state index is 0.0240. The van der Waals surface area contributed by atoms with Crippen LogP contribution in [0.4, 0.5) is 0 Å². The van der Waals surface area contributed by atoms with Gasteiger partial charge in [0.25, 0.3) is 0 Å². The van der Waals surface area contributed by atoms with Crippen LogP contribution in [0.15, 0.2) is 83.6 Å². The third-order valence-corrected chi connectivity index (χ3v) is 3.82. The Balaban J connectivity index is 1.33. The zero-order valence-corrected chi connectivity index (χ0v) is 14.8. The first-order valence-electron chi connectivity index (χ1n) is 8.60. The second kappa shape index (κ2) is 8.13. The SMILES string of the molecule is O=C(/C=C\c1cnn(-c2ccccc2)n1)OCc1coc(-c2ccccc2)n1. The van der Waals surface area contributed by atoms with E-state index < -0.39 is 5.97 Å². The number of oxazole rings is 1. The number of benzene rings is 2. The molecular weight excluding hydrogens is 356 g/mol. The number of ether oxygens (including phenoxy) is 1. The lowest BCUT2D eigenvalue weighted by Gasteiger charge is -1.97. The molecule has 0 spiro atoms. The number of carbonyl (C=O) groups is 1. The number of rotatable bonds is 6. The van der Waals surface area contributed by atoms with Gasteiger partial charge in [-0.25, -0.2) is 9.78 Å². The maximum absolute atomic E-state index is 11.9. The Morgan fingerprint density at radius 1 is 1.07 bits per heavy atom. The highest BCUT2D eigenvalue weighted by molar-refractivity contribution is 5.86.